The topological polar surface area (TPSA) is 0 Å². The van der Waals surface area contributed by atoms with Crippen LogP contribution in [0.15, 0.2) is 0 Å². The minimum absolute atomic E-state index is 0.938. The first-order valence-electron chi connectivity index (χ1n) is 4.33. The number of hydrogen-bond donors (Lipinski definition) is 0. The molecule has 0 heteroatoms. The van der Waals surface area contributed by atoms with Crippen LogP contribution in [0, 0.1) is 35.0 Å². The number of rotatable bonds is 0. The second kappa shape index (κ2) is 0.741. The van der Waals surface area contributed by atoms with Crippen molar-refractivity contribution < 1.29 is 0 Å². The molecule has 5 aliphatic rings. The van der Waals surface area contributed by atoms with Crippen LogP contribution in [0.5, 0.6) is 0 Å². The normalized spacial score (nSPS) is 87.0. The zero-order chi connectivity index (χ0) is 5.80. The third-order valence-electron chi connectivity index (χ3n) is 4.79. The van der Waals surface area contributed by atoms with Gasteiger partial charge in [-0.25, -0.2) is 0 Å². The first kappa shape index (κ1) is 4.00. The Morgan fingerprint density at radius 3 is 2.67 bits per heavy atom. The molecule has 0 radical (unpaired) electrons. The van der Waals surface area contributed by atoms with Crippen LogP contribution in [0.3, 0.4) is 0 Å². The van der Waals surface area contributed by atoms with Gasteiger partial charge in [0, 0.05) is 0 Å². The molecular formula is C9H12. The fourth-order valence-corrected chi connectivity index (χ4v) is 4.19. The van der Waals surface area contributed by atoms with E-state index in [9.17, 15) is 0 Å². The van der Waals surface area contributed by atoms with E-state index in [4.69, 9.17) is 0 Å². The molecule has 0 spiro atoms. The molecule has 0 saturated heterocycles. The fraction of sp³-hybridized carbons (Fsp3) is 1.00. The Hall–Kier alpha value is 0. The van der Waals surface area contributed by atoms with Gasteiger partial charge in [-0.3, -0.25) is 0 Å². The Kier molecular flexibility index (Phi) is 0.329. The van der Waals surface area contributed by atoms with Crippen LogP contribution in [0.25, 0.3) is 0 Å². The van der Waals surface area contributed by atoms with E-state index >= 15 is 0 Å². The first-order valence-corrected chi connectivity index (χ1v) is 4.33. The maximum atomic E-state index is 2.54. The molecule has 0 aliphatic heterocycles. The third kappa shape index (κ3) is 0.222. The predicted molar refractivity (Wildman–Crippen MR) is 34.8 cm³/mol. The summed E-state index contributed by atoms with van der Waals surface area (Å²) in [4.78, 5) is 0. The lowest BCUT2D eigenvalue weighted by Crippen LogP contribution is -2.22. The van der Waals surface area contributed by atoms with Crippen LogP contribution in [-0.4, -0.2) is 0 Å². The molecule has 9 heavy (non-hydrogen) atoms. The Morgan fingerprint density at radius 2 is 2.00 bits per heavy atom. The van der Waals surface area contributed by atoms with Crippen molar-refractivity contribution in [3.63, 3.8) is 0 Å². The second-order valence-corrected chi connectivity index (χ2v) is 4.92. The quantitative estimate of drug-likeness (QED) is 0.458. The Balaban J connectivity index is 1.88. The summed E-state index contributed by atoms with van der Waals surface area (Å²) in [6, 6.07) is 0. The molecule has 0 aromatic heterocycles. The van der Waals surface area contributed by atoms with Gasteiger partial charge in [-0.1, -0.05) is 6.92 Å². The average molecular weight is 120 g/mol. The van der Waals surface area contributed by atoms with E-state index in [1.165, 1.54) is 29.6 Å². The van der Waals surface area contributed by atoms with Crippen molar-refractivity contribution in [2.45, 2.75) is 19.8 Å². The molecule has 0 unspecified atom stereocenters. The average Bonchev–Trinajstić information content (AvgIpc) is 2.61. The lowest BCUT2D eigenvalue weighted by molar-refractivity contribution is 0.205. The van der Waals surface area contributed by atoms with E-state index in [2.05, 4.69) is 6.92 Å². The maximum absolute atomic E-state index is 2.54. The van der Waals surface area contributed by atoms with Crippen LogP contribution >= 0.6 is 0 Å². The summed E-state index contributed by atoms with van der Waals surface area (Å²) in [5.41, 5.74) is 0.938. The van der Waals surface area contributed by atoms with Gasteiger partial charge in [0.1, 0.15) is 0 Å². The highest BCUT2D eigenvalue weighted by molar-refractivity contribution is 5.35. The van der Waals surface area contributed by atoms with Crippen LogP contribution in [-0.2, 0) is 0 Å². The molecule has 5 saturated carbocycles. The van der Waals surface area contributed by atoms with Crippen LogP contribution in [0.4, 0.5) is 0 Å². The van der Waals surface area contributed by atoms with E-state index in [1.54, 1.807) is 12.8 Å². The molecule has 0 heterocycles. The molecule has 48 valence electrons. The summed E-state index contributed by atoms with van der Waals surface area (Å²) < 4.78 is 0. The minimum atomic E-state index is 0.938. The predicted octanol–water partition coefficient (Wildman–Crippen LogP) is 1.91. The zero-order valence-corrected chi connectivity index (χ0v) is 5.80. The third-order valence-corrected chi connectivity index (χ3v) is 4.79. The molecule has 2 bridgehead atoms. The van der Waals surface area contributed by atoms with Crippen molar-refractivity contribution in [3.8, 4) is 0 Å². The lowest BCUT2D eigenvalue weighted by atomic mass is 9.77. The molecular weight excluding hydrogens is 108 g/mol. The lowest BCUT2D eigenvalue weighted by Gasteiger charge is -2.27. The van der Waals surface area contributed by atoms with Crippen LogP contribution in [0.1, 0.15) is 19.8 Å². The van der Waals surface area contributed by atoms with Gasteiger partial charge in [-0.15, -0.1) is 0 Å². The summed E-state index contributed by atoms with van der Waals surface area (Å²) >= 11 is 0. The summed E-state index contributed by atoms with van der Waals surface area (Å²) in [7, 11) is 0. The van der Waals surface area contributed by atoms with Gasteiger partial charge in [-0.05, 0) is 47.8 Å². The molecule has 0 aromatic carbocycles. The molecule has 0 N–H and O–H groups in total. The van der Waals surface area contributed by atoms with Gasteiger partial charge < -0.3 is 0 Å². The Bertz CT molecular complexity index is 196. The summed E-state index contributed by atoms with van der Waals surface area (Å²) in [6.07, 6.45) is 3.25. The number of hydrogen-bond acceptors (Lipinski definition) is 0. The molecule has 0 nitrogen and oxygen atoms in total. The summed E-state index contributed by atoms with van der Waals surface area (Å²) in [6.45, 7) is 2.54. The second-order valence-electron chi connectivity index (χ2n) is 4.92. The maximum Gasteiger partial charge on any atom is -0.0227 e. The van der Waals surface area contributed by atoms with E-state index in [1.807, 2.05) is 0 Å². The molecule has 5 fully saturated rings. The van der Waals surface area contributed by atoms with Gasteiger partial charge >= 0.3 is 0 Å². The van der Waals surface area contributed by atoms with Crippen molar-refractivity contribution in [1.29, 1.82) is 0 Å². The van der Waals surface area contributed by atoms with Gasteiger partial charge in [0.2, 0.25) is 0 Å². The Labute approximate surface area is 55.6 Å². The van der Waals surface area contributed by atoms with Crippen molar-refractivity contribution in [2.75, 3.05) is 0 Å². The Morgan fingerprint density at radius 1 is 1.22 bits per heavy atom. The van der Waals surface area contributed by atoms with Gasteiger partial charge in [-0.2, -0.15) is 0 Å². The van der Waals surface area contributed by atoms with Crippen molar-refractivity contribution in [1.82, 2.24) is 0 Å². The molecule has 0 aromatic rings. The SMILES string of the molecule is CC12[C@@H]3C[C@H]3CC3[C@@H]1[C@@H]32. The van der Waals surface area contributed by atoms with Gasteiger partial charge in [0.15, 0.2) is 0 Å². The summed E-state index contributed by atoms with van der Waals surface area (Å²) in [5.74, 6) is 6.19. The highest BCUT2D eigenvalue weighted by Crippen LogP contribution is 2.93. The van der Waals surface area contributed by atoms with E-state index in [0.29, 0.717) is 0 Å². The smallest absolute Gasteiger partial charge is 0.0227 e. The molecule has 5 aliphatic carbocycles. The monoisotopic (exact) mass is 120 g/mol. The largest absolute Gasteiger partial charge is 0.0588 e. The van der Waals surface area contributed by atoms with Crippen LogP contribution in [0.2, 0.25) is 0 Å². The van der Waals surface area contributed by atoms with Crippen molar-refractivity contribution >= 4 is 0 Å². The van der Waals surface area contributed by atoms with Gasteiger partial charge in [0.25, 0.3) is 0 Å². The fourth-order valence-electron chi connectivity index (χ4n) is 4.19. The van der Waals surface area contributed by atoms with E-state index in [0.717, 1.165) is 5.41 Å². The highest BCUT2D eigenvalue weighted by Gasteiger charge is 2.88. The molecule has 0 amide bonds. The molecule has 4 atom stereocenters. The zero-order valence-electron chi connectivity index (χ0n) is 5.80. The van der Waals surface area contributed by atoms with Crippen molar-refractivity contribution in [3.05, 3.63) is 0 Å². The first-order chi connectivity index (χ1) is 4.33. The van der Waals surface area contributed by atoms with E-state index < -0.39 is 0 Å². The standard InChI is InChI=1S/C9H12/c1-9-6-3-4(6)2-5-7(9)8(5)9/h4-8H,2-3H2,1H3/t4-,5?,6-,7-,8-,9?/m1/s1. The highest BCUT2D eigenvalue weighted by atomic mass is 14.9. The van der Waals surface area contributed by atoms with Crippen LogP contribution < -0.4 is 0 Å². The van der Waals surface area contributed by atoms with Crippen molar-refractivity contribution in [2.24, 2.45) is 35.0 Å². The summed E-state index contributed by atoms with van der Waals surface area (Å²) in [5, 5.41) is 0. The molecule has 5 rings (SSSR count). The van der Waals surface area contributed by atoms with E-state index in [-0.39, 0.29) is 0 Å². The van der Waals surface area contributed by atoms with Gasteiger partial charge in [0.05, 0.1) is 0 Å². The minimum Gasteiger partial charge on any atom is -0.0588 e.